The molecule has 2 aromatic rings. The van der Waals surface area contributed by atoms with Gasteiger partial charge in [-0.1, -0.05) is 48.7 Å². The van der Waals surface area contributed by atoms with E-state index in [1.54, 1.807) is 18.2 Å². The molecule has 0 saturated carbocycles. The summed E-state index contributed by atoms with van der Waals surface area (Å²) in [6.45, 7) is 2.33. The van der Waals surface area contributed by atoms with Gasteiger partial charge in [0.05, 0.1) is 20.6 Å². The molecule has 0 aliphatic heterocycles. The number of nitrogens with one attached hydrogen (secondary N) is 2. The van der Waals surface area contributed by atoms with Crippen molar-refractivity contribution in [2.45, 2.75) is 24.7 Å². The van der Waals surface area contributed by atoms with Gasteiger partial charge >= 0.3 is 0 Å². The molecule has 1 amide bonds. The van der Waals surface area contributed by atoms with Crippen LogP contribution < -0.4 is 10.0 Å². The highest BCUT2D eigenvalue weighted by Gasteiger charge is 2.16. The molecule has 0 heterocycles. The van der Waals surface area contributed by atoms with Gasteiger partial charge in [-0.3, -0.25) is 4.79 Å². The molecule has 0 saturated heterocycles. The fourth-order valence-corrected chi connectivity index (χ4v) is 3.53. The number of sulfonamides is 1. The molecular weight excluding hydrogens is 383 g/mol. The van der Waals surface area contributed by atoms with E-state index in [1.165, 1.54) is 24.3 Å². The summed E-state index contributed by atoms with van der Waals surface area (Å²) in [6.07, 6.45) is 1.62. The van der Waals surface area contributed by atoms with Gasteiger partial charge in [-0.15, -0.1) is 0 Å². The van der Waals surface area contributed by atoms with E-state index < -0.39 is 15.9 Å². The number of carbonyl (C=O) groups is 1. The van der Waals surface area contributed by atoms with E-state index in [4.69, 9.17) is 23.2 Å². The summed E-state index contributed by atoms with van der Waals surface area (Å²) < 4.78 is 27.0. The smallest absolute Gasteiger partial charge is 0.255 e. The Labute approximate surface area is 157 Å². The van der Waals surface area contributed by atoms with Crippen LogP contribution in [0.5, 0.6) is 0 Å². The Morgan fingerprint density at radius 1 is 1.12 bits per heavy atom. The van der Waals surface area contributed by atoms with Crippen molar-refractivity contribution in [3.63, 3.8) is 0 Å². The zero-order valence-electron chi connectivity index (χ0n) is 13.6. The Kier molecular flexibility index (Phi) is 6.84. The van der Waals surface area contributed by atoms with Gasteiger partial charge in [0, 0.05) is 12.1 Å². The van der Waals surface area contributed by atoms with Crippen molar-refractivity contribution < 1.29 is 13.2 Å². The molecule has 0 aliphatic rings. The zero-order chi connectivity index (χ0) is 18.4. The van der Waals surface area contributed by atoms with Gasteiger partial charge in [0.15, 0.2) is 0 Å². The molecule has 0 bridgehead atoms. The van der Waals surface area contributed by atoms with E-state index >= 15 is 0 Å². The predicted octanol–water partition coefficient (Wildman–Crippen LogP) is 4.32. The summed E-state index contributed by atoms with van der Waals surface area (Å²) in [5, 5.41) is 3.17. The van der Waals surface area contributed by atoms with Gasteiger partial charge in [0.25, 0.3) is 5.91 Å². The number of hydrogen-bond donors (Lipinski definition) is 2. The summed E-state index contributed by atoms with van der Waals surface area (Å²) in [6, 6.07) is 10.7. The summed E-state index contributed by atoms with van der Waals surface area (Å²) >= 11 is 12.0. The molecule has 0 aromatic heterocycles. The van der Waals surface area contributed by atoms with Crippen molar-refractivity contribution >= 4 is 44.8 Å². The number of rotatable bonds is 7. The molecule has 25 heavy (non-hydrogen) atoms. The van der Waals surface area contributed by atoms with Gasteiger partial charge in [-0.25, -0.2) is 13.1 Å². The fraction of sp³-hybridized carbons (Fsp3) is 0.235. The van der Waals surface area contributed by atoms with Gasteiger partial charge in [0.1, 0.15) is 0 Å². The lowest BCUT2D eigenvalue weighted by atomic mass is 10.2. The highest BCUT2D eigenvalue weighted by atomic mass is 35.5. The molecule has 0 fully saturated rings. The van der Waals surface area contributed by atoms with Crippen LogP contribution in [0.4, 0.5) is 5.69 Å². The molecule has 8 heteroatoms. The number of amides is 1. The summed E-state index contributed by atoms with van der Waals surface area (Å²) in [7, 11) is -3.65. The minimum Gasteiger partial charge on any atom is -0.321 e. The Balaban J connectivity index is 2.20. The molecule has 0 unspecified atom stereocenters. The van der Waals surface area contributed by atoms with Crippen LogP contribution in [-0.2, 0) is 10.0 Å². The molecule has 0 radical (unpaired) electrons. The van der Waals surface area contributed by atoms with Gasteiger partial charge in [0.2, 0.25) is 10.0 Å². The number of anilines is 1. The van der Waals surface area contributed by atoms with E-state index in [-0.39, 0.29) is 15.5 Å². The lowest BCUT2D eigenvalue weighted by molar-refractivity contribution is 0.102. The van der Waals surface area contributed by atoms with Gasteiger partial charge in [-0.2, -0.15) is 0 Å². The molecule has 2 rings (SSSR count). The lowest BCUT2D eigenvalue weighted by Gasteiger charge is -2.10. The molecule has 0 spiro atoms. The molecule has 0 atom stereocenters. The first-order chi connectivity index (χ1) is 11.8. The average Bonchev–Trinajstić information content (AvgIpc) is 2.59. The monoisotopic (exact) mass is 400 g/mol. The summed E-state index contributed by atoms with van der Waals surface area (Å²) in [4.78, 5) is 12.4. The number of carbonyl (C=O) groups excluding carboxylic acids is 1. The molecule has 5 nitrogen and oxygen atoms in total. The second-order valence-electron chi connectivity index (χ2n) is 5.33. The summed E-state index contributed by atoms with van der Waals surface area (Å²) in [5.74, 6) is -0.477. The molecule has 2 N–H and O–H groups in total. The number of unbranched alkanes of at least 4 members (excludes halogenated alkanes) is 1. The predicted molar refractivity (Wildman–Crippen MR) is 101 cm³/mol. The number of halogens is 2. The number of benzene rings is 2. The van der Waals surface area contributed by atoms with Gasteiger partial charge in [-0.05, 0) is 36.8 Å². The topological polar surface area (TPSA) is 75.3 Å². The molecule has 0 aliphatic carbocycles. The van der Waals surface area contributed by atoms with Crippen LogP contribution in [0.2, 0.25) is 10.0 Å². The molecule has 134 valence electrons. The third kappa shape index (κ3) is 5.19. The third-order valence-corrected chi connectivity index (χ3v) is 5.71. The SMILES string of the molecule is CCCCNS(=O)(=O)c1cccc(C(=O)Nc2cccc(Cl)c2Cl)c1. The minimum absolute atomic E-state index is 0.0356. The standard InChI is InChI=1S/C17H18Cl2N2O3S/c1-2-3-10-20-25(23,24)13-7-4-6-12(11-13)17(22)21-15-9-5-8-14(18)16(15)19/h4-9,11,20H,2-3,10H2,1H3,(H,21,22). The second-order valence-corrected chi connectivity index (χ2v) is 7.89. The first-order valence-electron chi connectivity index (χ1n) is 7.70. The lowest BCUT2D eigenvalue weighted by Crippen LogP contribution is -2.25. The Morgan fingerprint density at radius 3 is 2.56 bits per heavy atom. The van der Waals surface area contributed by atoms with Crippen molar-refractivity contribution in [1.29, 1.82) is 0 Å². The number of hydrogen-bond acceptors (Lipinski definition) is 3. The van der Waals surface area contributed by atoms with Crippen molar-refractivity contribution in [3.05, 3.63) is 58.1 Å². The first-order valence-corrected chi connectivity index (χ1v) is 9.94. The van der Waals surface area contributed by atoms with Crippen molar-refractivity contribution in [1.82, 2.24) is 4.72 Å². The van der Waals surface area contributed by atoms with E-state index in [2.05, 4.69) is 10.0 Å². The normalized spacial score (nSPS) is 11.3. The van der Waals surface area contributed by atoms with E-state index in [9.17, 15) is 13.2 Å². The fourth-order valence-electron chi connectivity index (χ4n) is 2.07. The quantitative estimate of drug-likeness (QED) is 0.679. The van der Waals surface area contributed by atoms with Crippen LogP contribution in [0.1, 0.15) is 30.1 Å². The third-order valence-electron chi connectivity index (χ3n) is 3.43. The van der Waals surface area contributed by atoms with E-state index in [1.807, 2.05) is 6.92 Å². The van der Waals surface area contributed by atoms with Crippen molar-refractivity contribution in [2.75, 3.05) is 11.9 Å². The van der Waals surface area contributed by atoms with Crippen LogP contribution in [0.3, 0.4) is 0 Å². The van der Waals surface area contributed by atoms with Crippen LogP contribution in [0, 0.1) is 0 Å². The minimum atomic E-state index is -3.65. The first kappa shape index (κ1) is 19.7. The molecular formula is C17H18Cl2N2O3S. The highest BCUT2D eigenvalue weighted by Crippen LogP contribution is 2.29. The average molecular weight is 401 g/mol. The Bertz CT molecular complexity index is 870. The van der Waals surface area contributed by atoms with Crippen LogP contribution >= 0.6 is 23.2 Å². The highest BCUT2D eigenvalue weighted by molar-refractivity contribution is 7.89. The molecule has 2 aromatic carbocycles. The second kappa shape index (κ2) is 8.67. The van der Waals surface area contributed by atoms with Crippen molar-refractivity contribution in [3.8, 4) is 0 Å². The van der Waals surface area contributed by atoms with Crippen LogP contribution in [0.25, 0.3) is 0 Å². The van der Waals surface area contributed by atoms with E-state index in [0.717, 1.165) is 12.8 Å². The largest absolute Gasteiger partial charge is 0.321 e. The maximum absolute atomic E-state index is 12.4. The maximum Gasteiger partial charge on any atom is 0.255 e. The Morgan fingerprint density at radius 2 is 1.84 bits per heavy atom. The van der Waals surface area contributed by atoms with Crippen LogP contribution in [0.15, 0.2) is 47.4 Å². The Hall–Kier alpha value is -1.60. The summed E-state index contributed by atoms with van der Waals surface area (Å²) in [5.41, 5.74) is 0.558. The van der Waals surface area contributed by atoms with Crippen LogP contribution in [-0.4, -0.2) is 20.9 Å². The van der Waals surface area contributed by atoms with Crippen molar-refractivity contribution in [2.24, 2.45) is 0 Å². The maximum atomic E-state index is 12.4. The van der Waals surface area contributed by atoms with E-state index in [0.29, 0.717) is 17.3 Å². The zero-order valence-corrected chi connectivity index (χ0v) is 15.9. The van der Waals surface area contributed by atoms with Gasteiger partial charge < -0.3 is 5.32 Å².